The molecule has 0 amide bonds. The van der Waals surface area contributed by atoms with Gasteiger partial charge < -0.3 is 14.8 Å². The van der Waals surface area contributed by atoms with Gasteiger partial charge in [-0.25, -0.2) is 0 Å². The van der Waals surface area contributed by atoms with Crippen LogP contribution in [0.25, 0.3) is 0 Å². The number of benzene rings is 1. The average Bonchev–Trinajstić information content (AvgIpc) is 3.18. The third-order valence-electron chi connectivity index (χ3n) is 4.09. The summed E-state index contributed by atoms with van der Waals surface area (Å²) in [6.07, 6.45) is 3.71. The molecule has 1 aliphatic rings. The largest absolute Gasteiger partial charge is 0.497 e. The van der Waals surface area contributed by atoms with Crippen molar-refractivity contribution in [2.45, 2.75) is 39.2 Å². The van der Waals surface area contributed by atoms with Crippen molar-refractivity contribution in [2.24, 2.45) is 5.41 Å². The van der Waals surface area contributed by atoms with Crippen LogP contribution in [0.5, 0.6) is 11.5 Å². The fraction of sp³-hybridized carbons (Fsp3) is 0.625. The van der Waals surface area contributed by atoms with E-state index in [-0.39, 0.29) is 0 Å². The fourth-order valence-electron chi connectivity index (χ4n) is 2.56. The molecule has 3 heteroatoms. The maximum atomic E-state index is 5.55. The van der Waals surface area contributed by atoms with Crippen LogP contribution in [-0.4, -0.2) is 20.8 Å². The first-order valence-corrected chi connectivity index (χ1v) is 7.10. The molecule has 0 aromatic heterocycles. The first-order valence-electron chi connectivity index (χ1n) is 7.10. The molecule has 0 aliphatic heterocycles. The van der Waals surface area contributed by atoms with Gasteiger partial charge in [0, 0.05) is 17.7 Å². The predicted octanol–water partition coefficient (Wildman–Crippen LogP) is 3.54. The molecule has 1 aliphatic carbocycles. The van der Waals surface area contributed by atoms with E-state index in [1.807, 2.05) is 12.1 Å². The Hall–Kier alpha value is -1.22. The Morgan fingerprint density at radius 2 is 2.00 bits per heavy atom. The molecule has 0 saturated heterocycles. The van der Waals surface area contributed by atoms with Gasteiger partial charge in [-0.3, -0.25) is 0 Å². The monoisotopic (exact) mass is 263 g/mol. The molecule has 1 saturated carbocycles. The molecule has 1 N–H and O–H groups in total. The lowest BCUT2D eigenvalue weighted by Gasteiger charge is -2.27. The molecule has 1 aromatic carbocycles. The van der Waals surface area contributed by atoms with Gasteiger partial charge in [0.2, 0.25) is 0 Å². The first kappa shape index (κ1) is 14.2. The zero-order valence-corrected chi connectivity index (χ0v) is 12.5. The van der Waals surface area contributed by atoms with Gasteiger partial charge in [-0.05, 0) is 37.3 Å². The smallest absolute Gasteiger partial charge is 0.127 e. The summed E-state index contributed by atoms with van der Waals surface area (Å²) in [7, 11) is 3.41. The van der Waals surface area contributed by atoms with Gasteiger partial charge >= 0.3 is 0 Å². The van der Waals surface area contributed by atoms with Crippen molar-refractivity contribution in [1.29, 1.82) is 0 Å². The highest BCUT2D eigenvalue weighted by Gasteiger charge is 2.46. The molecule has 0 radical (unpaired) electrons. The van der Waals surface area contributed by atoms with Gasteiger partial charge in [-0.1, -0.05) is 19.9 Å². The van der Waals surface area contributed by atoms with Crippen molar-refractivity contribution < 1.29 is 9.47 Å². The molecule has 1 unspecified atom stereocenters. The third-order valence-corrected chi connectivity index (χ3v) is 4.09. The van der Waals surface area contributed by atoms with Gasteiger partial charge in [0.15, 0.2) is 0 Å². The van der Waals surface area contributed by atoms with Crippen LogP contribution in [-0.2, 0) is 0 Å². The summed E-state index contributed by atoms with van der Waals surface area (Å²) in [5.41, 5.74) is 1.62. The van der Waals surface area contributed by atoms with Gasteiger partial charge in [0.1, 0.15) is 11.5 Å². The van der Waals surface area contributed by atoms with Crippen LogP contribution >= 0.6 is 0 Å². The van der Waals surface area contributed by atoms with E-state index in [0.717, 1.165) is 24.5 Å². The van der Waals surface area contributed by atoms with E-state index < -0.39 is 0 Å². The number of hydrogen-bond acceptors (Lipinski definition) is 3. The topological polar surface area (TPSA) is 30.5 Å². The molecule has 19 heavy (non-hydrogen) atoms. The number of hydrogen-bond donors (Lipinski definition) is 1. The molecule has 0 heterocycles. The number of ether oxygens (including phenoxy) is 2. The SMILES string of the molecule is CCCNC(c1ccc(OC)cc1OC)C1(C)CC1. The standard InChI is InChI=1S/C16H25NO2/c1-5-10-17-15(16(2)8-9-16)13-7-6-12(18-3)11-14(13)19-4/h6-7,11,15,17H,5,8-10H2,1-4H3. The minimum Gasteiger partial charge on any atom is -0.497 e. The second-order valence-electron chi connectivity index (χ2n) is 5.65. The van der Waals surface area contributed by atoms with Gasteiger partial charge in [0.05, 0.1) is 14.2 Å². The second-order valence-corrected chi connectivity index (χ2v) is 5.65. The van der Waals surface area contributed by atoms with E-state index in [1.54, 1.807) is 14.2 Å². The van der Waals surface area contributed by atoms with E-state index >= 15 is 0 Å². The van der Waals surface area contributed by atoms with Crippen LogP contribution in [0.3, 0.4) is 0 Å². The van der Waals surface area contributed by atoms with E-state index in [0.29, 0.717) is 11.5 Å². The molecule has 1 aromatic rings. The van der Waals surface area contributed by atoms with Gasteiger partial charge in [0.25, 0.3) is 0 Å². The molecule has 2 rings (SSSR count). The van der Waals surface area contributed by atoms with E-state index in [2.05, 4.69) is 25.2 Å². The average molecular weight is 263 g/mol. The van der Waals surface area contributed by atoms with Crippen LogP contribution in [0.15, 0.2) is 18.2 Å². The minimum absolute atomic E-state index is 0.369. The second kappa shape index (κ2) is 5.83. The summed E-state index contributed by atoms with van der Waals surface area (Å²) in [6.45, 7) is 5.59. The normalized spacial score (nSPS) is 17.9. The molecular formula is C16H25NO2. The maximum Gasteiger partial charge on any atom is 0.127 e. The van der Waals surface area contributed by atoms with Crippen LogP contribution < -0.4 is 14.8 Å². The Morgan fingerprint density at radius 1 is 1.26 bits per heavy atom. The lowest BCUT2D eigenvalue weighted by molar-refractivity contribution is 0.340. The summed E-state index contributed by atoms with van der Waals surface area (Å²) >= 11 is 0. The molecular weight excluding hydrogens is 238 g/mol. The molecule has 1 atom stereocenters. The number of rotatable bonds is 7. The van der Waals surface area contributed by atoms with E-state index in [9.17, 15) is 0 Å². The van der Waals surface area contributed by atoms with Crippen LogP contribution in [0.2, 0.25) is 0 Å². The lowest BCUT2D eigenvalue weighted by Crippen LogP contribution is -2.29. The summed E-state index contributed by atoms with van der Waals surface area (Å²) in [6, 6.07) is 6.49. The van der Waals surface area contributed by atoms with E-state index in [1.165, 1.54) is 18.4 Å². The van der Waals surface area contributed by atoms with Crippen LogP contribution in [0.1, 0.15) is 44.7 Å². The fourth-order valence-corrected chi connectivity index (χ4v) is 2.56. The zero-order chi connectivity index (χ0) is 13.9. The van der Waals surface area contributed by atoms with Crippen molar-refractivity contribution in [1.82, 2.24) is 5.32 Å². The Kier molecular flexibility index (Phi) is 4.35. The summed E-state index contributed by atoms with van der Waals surface area (Å²) in [4.78, 5) is 0. The minimum atomic E-state index is 0.369. The Labute approximate surface area is 116 Å². The summed E-state index contributed by atoms with van der Waals surface area (Å²) in [5.74, 6) is 1.76. The zero-order valence-electron chi connectivity index (χ0n) is 12.5. The van der Waals surface area contributed by atoms with Crippen molar-refractivity contribution in [3.63, 3.8) is 0 Å². The van der Waals surface area contributed by atoms with Gasteiger partial charge in [-0.15, -0.1) is 0 Å². The Bertz CT molecular complexity index is 427. The number of methoxy groups -OCH3 is 2. The van der Waals surface area contributed by atoms with Crippen molar-refractivity contribution in [3.05, 3.63) is 23.8 Å². The highest BCUT2D eigenvalue weighted by molar-refractivity contribution is 5.43. The molecule has 0 bridgehead atoms. The first-order chi connectivity index (χ1) is 9.14. The number of nitrogens with one attached hydrogen (secondary N) is 1. The Balaban J connectivity index is 2.30. The predicted molar refractivity (Wildman–Crippen MR) is 77.9 cm³/mol. The quantitative estimate of drug-likeness (QED) is 0.816. The Morgan fingerprint density at radius 3 is 2.53 bits per heavy atom. The van der Waals surface area contributed by atoms with Crippen molar-refractivity contribution in [3.8, 4) is 11.5 Å². The third kappa shape index (κ3) is 3.03. The lowest BCUT2D eigenvalue weighted by atomic mass is 9.91. The van der Waals surface area contributed by atoms with Crippen molar-refractivity contribution >= 4 is 0 Å². The molecule has 0 spiro atoms. The molecule has 1 fully saturated rings. The van der Waals surface area contributed by atoms with Crippen LogP contribution in [0.4, 0.5) is 0 Å². The maximum absolute atomic E-state index is 5.55. The molecule has 106 valence electrons. The van der Waals surface area contributed by atoms with Crippen molar-refractivity contribution in [2.75, 3.05) is 20.8 Å². The highest BCUT2D eigenvalue weighted by atomic mass is 16.5. The highest BCUT2D eigenvalue weighted by Crippen LogP contribution is 2.55. The molecule has 3 nitrogen and oxygen atoms in total. The summed E-state index contributed by atoms with van der Waals surface area (Å²) < 4.78 is 10.8. The summed E-state index contributed by atoms with van der Waals surface area (Å²) in [5, 5.41) is 3.68. The van der Waals surface area contributed by atoms with Gasteiger partial charge in [-0.2, -0.15) is 0 Å². The van der Waals surface area contributed by atoms with E-state index in [4.69, 9.17) is 9.47 Å². The van der Waals surface area contributed by atoms with Crippen LogP contribution in [0, 0.1) is 5.41 Å².